The number of benzene rings is 1. The number of ether oxygens (including phenoxy) is 2. The Morgan fingerprint density at radius 1 is 1.26 bits per heavy atom. The van der Waals surface area contributed by atoms with E-state index >= 15 is 0 Å². The molecule has 1 fully saturated rings. The summed E-state index contributed by atoms with van der Waals surface area (Å²) in [6, 6.07) is 6.20. The second kappa shape index (κ2) is 5.79. The molecule has 1 saturated heterocycles. The smallest absolute Gasteiger partial charge is 0.406 e. The maximum atomic E-state index is 12.0. The van der Waals surface area contributed by atoms with Gasteiger partial charge in [0.15, 0.2) is 0 Å². The van der Waals surface area contributed by atoms with Crippen molar-refractivity contribution < 1.29 is 22.6 Å². The molecule has 106 valence electrons. The normalized spacial score (nSPS) is 24.8. The highest BCUT2D eigenvalue weighted by Crippen LogP contribution is 2.26. The predicted octanol–water partition coefficient (Wildman–Crippen LogP) is 3.02. The van der Waals surface area contributed by atoms with Gasteiger partial charge in [0.2, 0.25) is 0 Å². The van der Waals surface area contributed by atoms with Crippen molar-refractivity contribution in [3.8, 4) is 5.75 Å². The summed E-state index contributed by atoms with van der Waals surface area (Å²) in [5.41, 5.74) is 0.844. The lowest BCUT2D eigenvalue weighted by atomic mass is 10.1. The van der Waals surface area contributed by atoms with Gasteiger partial charge in [-0.3, -0.25) is 0 Å². The zero-order valence-electron chi connectivity index (χ0n) is 10.5. The molecule has 0 aromatic heterocycles. The van der Waals surface area contributed by atoms with Gasteiger partial charge in [-0.1, -0.05) is 12.1 Å². The van der Waals surface area contributed by atoms with E-state index in [1.165, 1.54) is 12.1 Å². The van der Waals surface area contributed by atoms with Gasteiger partial charge in [-0.25, -0.2) is 0 Å². The fourth-order valence-electron chi connectivity index (χ4n) is 1.95. The molecular formula is C13H16F3NO2. The Morgan fingerprint density at radius 3 is 2.58 bits per heavy atom. The summed E-state index contributed by atoms with van der Waals surface area (Å²) >= 11 is 0. The number of hydrogen-bond donors (Lipinski definition) is 1. The minimum Gasteiger partial charge on any atom is -0.406 e. The van der Waals surface area contributed by atoms with E-state index in [9.17, 15) is 13.2 Å². The molecule has 1 N–H and O–H groups in total. The summed E-state index contributed by atoms with van der Waals surface area (Å²) in [6.45, 7) is 3.37. The average molecular weight is 275 g/mol. The van der Waals surface area contributed by atoms with E-state index in [0.717, 1.165) is 12.0 Å². The van der Waals surface area contributed by atoms with Gasteiger partial charge < -0.3 is 14.8 Å². The molecule has 1 aromatic rings. The van der Waals surface area contributed by atoms with E-state index in [4.69, 9.17) is 4.74 Å². The van der Waals surface area contributed by atoms with Crippen molar-refractivity contribution in [1.82, 2.24) is 5.32 Å². The first kappa shape index (κ1) is 14.1. The molecular weight excluding hydrogens is 259 g/mol. The molecule has 2 atom stereocenters. The maximum Gasteiger partial charge on any atom is 0.573 e. The van der Waals surface area contributed by atoms with Crippen LogP contribution in [0.5, 0.6) is 5.75 Å². The molecule has 1 aliphatic heterocycles. The Bertz CT molecular complexity index is 405. The first-order valence-corrected chi connectivity index (χ1v) is 6.15. The van der Waals surface area contributed by atoms with Crippen LogP contribution in [0.25, 0.3) is 0 Å². The minimum atomic E-state index is -4.66. The van der Waals surface area contributed by atoms with Gasteiger partial charge >= 0.3 is 6.36 Å². The Balaban J connectivity index is 2.01. The average Bonchev–Trinajstić information content (AvgIpc) is 2.53. The quantitative estimate of drug-likeness (QED) is 0.900. The summed E-state index contributed by atoms with van der Waals surface area (Å²) in [6.07, 6.45) is -3.87. The van der Waals surface area contributed by atoms with Crippen LogP contribution in [-0.4, -0.2) is 25.6 Å². The van der Waals surface area contributed by atoms with Gasteiger partial charge in [0.1, 0.15) is 5.75 Å². The summed E-state index contributed by atoms with van der Waals surface area (Å²) < 4.78 is 45.6. The second-order valence-electron chi connectivity index (χ2n) is 4.57. The molecule has 0 radical (unpaired) electrons. The molecule has 0 aliphatic carbocycles. The number of alkyl halides is 3. The Kier molecular flexibility index (Phi) is 4.31. The van der Waals surface area contributed by atoms with Crippen molar-refractivity contribution in [2.45, 2.75) is 31.9 Å². The Morgan fingerprint density at radius 2 is 1.95 bits per heavy atom. The lowest BCUT2D eigenvalue weighted by Crippen LogP contribution is -2.27. The van der Waals surface area contributed by atoms with E-state index in [1.807, 2.05) is 0 Å². The van der Waals surface area contributed by atoms with E-state index in [-0.39, 0.29) is 11.9 Å². The van der Waals surface area contributed by atoms with Crippen molar-refractivity contribution in [3.05, 3.63) is 29.8 Å². The standard InChI is InChI=1S/C13H16F3NO2/c1-9-6-7-18-12(8-17-9)10-2-4-11(5-3-10)19-13(14,15)16/h2-5,9,12,17H,6-8H2,1H3. The van der Waals surface area contributed by atoms with Gasteiger partial charge in [0.05, 0.1) is 6.10 Å². The third-order valence-electron chi connectivity index (χ3n) is 3.01. The van der Waals surface area contributed by atoms with Crippen LogP contribution in [0.2, 0.25) is 0 Å². The summed E-state index contributed by atoms with van der Waals surface area (Å²) in [4.78, 5) is 0. The molecule has 0 bridgehead atoms. The number of rotatable bonds is 2. The fourth-order valence-corrected chi connectivity index (χ4v) is 1.95. The molecule has 2 unspecified atom stereocenters. The van der Waals surface area contributed by atoms with Crippen LogP contribution in [0.3, 0.4) is 0 Å². The van der Waals surface area contributed by atoms with E-state index in [2.05, 4.69) is 17.0 Å². The summed E-state index contributed by atoms with van der Waals surface area (Å²) in [7, 11) is 0. The molecule has 6 heteroatoms. The topological polar surface area (TPSA) is 30.5 Å². The molecule has 0 spiro atoms. The molecule has 1 aliphatic rings. The highest BCUT2D eigenvalue weighted by atomic mass is 19.4. The lowest BCUT2D eigenvalue weighted by molar-refractivity contribution is -0.274. The van der Waals surface area contributed by atoms with Crippen LogP contribution in [0.4, 0.5) is 13.2 Å². The van der Waals surface area contributed by atoms with Crippen molar-refractivity contribution >= 4 is 0 Å². The third-order valence-corrected chi connectivity index (χ3v) is 3.01. The van der Waals surface area contributed by atoms with Crippen LogP contribution in [0.1, 0.15) is 25.0 Å². The zero-order valence-corrected chi connectivity index (χ0v) is 10.5. The first-order valence-electron chi connectivity index (χ1n) is 6.15. The van der Waals surface area contributed by atoms with Gasteiger partial charge in [-0.15, -0.1) is 13.2 Å². The maximum absolute atomic E-state index is 12.0. The summed E-state index contributed by atoms with van der Waals surface area (Å²) in [5, 5.41) is 3.31. The first-order chi connectivity index (χ1) is 8.94. The van der Waals surface area contributed by atoms with Gasteiger partial charge in [-0.2, -0.15) is 0 Å². The van der Waals surface area contributed by atoms with E-state index < -0.39 is 6.36 Å². The molecule has 0 saturated carbocycles. The van der Waals surface area contributed by atoms with Crippen LogP contribution < -0.4 is 10.1 Å². The van der Waals surface area contributed by atoms with Gasteiger partial charge in [-0.05, 0) is 31.0 Å². The second-order valence-corrected chi connectivity index (χ2v) is 4.57. The van der Waals surface area contributed by atoms with Crippen molar-refractivity contribution in [2.24, 2.45) is 0 Å². The molecule has 1 heterocycles. The molecule has 2 rings (SSSR count). The van der Waals surface area contributed by atoms with E-state index in [0.29, 0.717) is 19.2 Å². The van der Waals surface area contributed by atoms with Crippen molar-refractivity contribution in [1.29, 1.82) is 0 Å². The van der Waals surface area contributed by atoms with Crippen LogP contribution in [0.15, 0.2) is 24.3 Å². The van der Waals surface area contributed by atoms with Gasteiger partial charge in [0.25, 0.3) is 0 Å². The minimum absolute atomic E-state index is 0.134. The monoisotopic (exact) mass is 275 g/mol. The number of nitrogens with one attached hydrogen (secondary N) is 1. The van der Waals surface area contributed by atoms with Crippen LogP contribution in [-0.2, 0) is 4.74 Å². The SMILES string of the molecule is CC1CCOC(c2ccc(OC(F)(F)F)cc2)CN1. The van der Waals surface area contributed by atoms with Crippen LogP contribution >= 0.6 is 0 Å². The fraction of sp³-hybridized carbons (Fsp3) is 0.538. The lowest BCUT2D eigenvalue weighted by Gasteiger charge is -2.16. The number of halogens is 3. The molecule has 0 amide bonds. The number of hydrogen-bond acceptors (Lipinski definition) is 3. The highest BCUT2D eigenvalue weighted by Gasteiger charge is 2.31. The molecule has 19 heavy (non-hydrogen) atoms. The van der Waals surface area contributed by atoms with Crippen molar-refractivity contribution in [2.75, 3.05) is 13.2 Å². The van der Waals surface area contributed by atoms with Gasteiger partial charge in [0, 0.05) is 19.2 Å². The largest absolute Gasteiger partial charge is 0.573 e. The van der Waals surface area contributed by atoms with Crippen LogP contribution in [0, 0.1) is 0 Å². The predicted molar refractivity (Wildman–Crippen MR) is 63.9 cm³/mol. The van der Waals surface area contributed by atoms with E-state index in [1.54, 1.807) is 12.1 Å². The Labute approximate surface area is 109 Å². The molecule has 3 nitrogen and oxygen atoms in total. The highest BCUT2D eigenvalue weighted by molar-refractivity contribution is 5.29. The zero-order chi connectivity index (χ0) is 13.9. The third kappa shape index (κ3) is 4.40. The molecule has 1 aromatic carbocycles. The summed E-state index contributed by atoms with van der Waals surface area (Å²) in [5.74, 6) is -0.216. The van der Waals surface area contributed by atoms with Crippen molar-refractivity contribution in [3.63, 3.8) is 0 Å². The Hall–Kier alpha value is -1.27.